The van der Waals surface area contributed by atoms with Gasteiger partial charge in [0.2, 0.25) is 0 Å². The van der Waals surface area contributed by atoms with E-state index in [4.69, 9.17) is 0 Å². The fourth-order valence-electron chi connectivity index (χ4n) is 3.16. The number of aryl methyl sites for hydroxylation is 1. The van der Waals surface area contributed by atoms with Gasteiger partial charge in [-0.1, -0.05) is 35.9 Å². The van der Waals surface area contributed by atoms with Crippen LogP contribution in [0.5, 0.6) is 0 Å². The molecule has 1 amide bonds. The summed E-state index contributed by atoms with van der Waals surface area (Å²) in [6.45, 7) is 3.36. The van der Waals surface area contributed by atoms with Gasteiger partial charge < -0.3 is 10.2 Å². The van der Waals surface area contributed by atoms with E-state index < -0.39 is 5.82 Å². The molecule has 1 N–H and O–H groups in total. The van der Waals surface area contributed by atoms with E-state index in [0.717, 1.165) is 29.5 Å². The number of nitrogens with one attached hydrogen (secondary N) is 1. The lowest BCUT2D eigenvalue weighted by Crippen LogP contribution is -2.44. The number of amides is 1. The molecule has 25 heavy (non-hydrogen) atoms. The zero-order valence-corrected chi connectivity index (χ0v) is 15.4. The number of benzene rings is 2. The summed E-state index contributed by atoms with van der Waals surface area (Å²) >= 11 is 0. The lowest BCUT2D eigenvalue weighted by molar-refractivity contribution is 0.0702. The Labute approximate surface area is 154 Å². The van der Waals surface area contributed by atoms with Crippen LogP contribution in [-0.4, -0.2) is 37.0 Å². The molecule has 2 aromatic carbocycles. The Kier molecular flexibility index (Phi) is 6.57. The van der Waals surface area contributed by atoms with Crippen LogP contribution in [0.15, 0.2) is 42.5 Å². The van der Waals surface area contributed by atoms with E-state index in [-0.39, 0.29) is 23.9 Å². The van der Waals surface area contributed by atoms with Gasteiger partial charge in [0.25, 0.3) is 5.91 Å². The van der Waals surface area contributed by atoms with Crippen LogP contribution >= 0.6 is 12.4 Å². The Morgan fingerprint density at radius 3 is 2.24 bits per heavy atom. The van der Waals surface area contributed by atoms with Gasteiger partial charge in [0.15, 0.2) is 0 Å². The van der Waals surface area contributed by atoms with Gasteiger partial charge in [-0.05, 0) is 50.1 Å². The summed E-state index contributed by atoms with van der Waals surface area (Å²) < 4.78 is 14.5. The largest absolute Gasteiger partial charge is 0.338 e. The molecule has 0 aliphatic carbocycles. The van der Waals surface area contributed by atoms with Crippen LogP contribution in [0.25, 0.3) is 11.1 Å². The Bertz CT molecular complexity index is 725. The van der Waals surface area contributed by atoms with Crippen LogP contribution in [0.2, 0.25) is 0 Å². The minimum absolute atomic E-state index is 0. The summed E-state index contributed by atoms with van der Waals surface area (Å²) in [5, 5.41) is 3.23. The SMILES string of the molecule is CNC1CCN(C(=O)c2ccc(-c3ccc(C)cc3)cc2F)CC1.Cl. The lowest BCUT2D eigenvalue weighted by atomic mass is 10.0. The quantitative estimate of drug-likeness (QED) is 0.893. The zero-order valence-electron chi connectivity index (χ0n) is 14.6. The number of carbonyl (C=O) groups excluding carboxylic acids is 1. The number of hydrogen-bond acceptors (Lipinski definition) is 2. The molecule has 0 atom stereocenters. The van der Waals surface area contributed by atoms with Crippen molar-refractivity contribution in [1.82, 2.24) is 10.2 Å². The minimum atomic E-state index is -0.450. The van der Waals surface area contributed by atoms with Crippen molar-refractivity contribution in [2.24, 2.45) is 0 Å². The van der Waals surface area contributed by atoms with Crippen LogP contribution in [0.1, 0.15) is 28.8 Å². The first-order valence-electron chi connectivity index (χ1n) is 8.41. The summed E-state index contributed by atoms with van der Waals surface area (Å²) in [5.74, 6) is -0.661. The molecule has 3 rings (SSSR count). The second kappa shape index (κ2) is 8.45. The molecule has 0 bridgehead atoms. The topological polar surface area (TPSA) is 32.3 Å². The van der Waals surface area contributed by atoms with Gasteiger partial charge in [-0.3, -0.25) is 4.79 Å². The predicted octanol–water partition coefficient (Wildman–Crippen LogP) is 4.05. The van der Waals surface area contributed by atoms with Crippen LogP contribution < -0.4 is 5.32 Å². The van der Waals surface area contributed by atoms with Crippen molar-refractivity contribution < 1.29 is 9.18 Å². The van der Waals surface area contributed by atoms with Gasteiger partial charge in [-0.15, -0.1) is 12.4 Å². The van der Waals surface area contributed by atoms with E-state index in [2.05, 4.69) is 5.32 Å². The van der Waals surface area contributed by atoms with Crippen LogP contribution in [-0.2, 0) is 0 Å². The van der Waals surface area contributed by atoms with Crippen molar-refractivity contribution in [1.29, 1.82) is 0 Å². The van der Waals surface area contributed by atoms with Crippen molar-refractivity contribution in [3.05, 3.63) is 59.4 Å². The highest BCUT2D eigenvalue weighted by atomic mass is 35.5. The van der Waals surface area contributed by atoms with Crippen molar-refractivity contribution >= 4 is 18.3 Å². The molecule has 0 aromatic heterocycles. The molecule has 3 nitrogen and oxygen atoms in total. The summed E-state index contributed by atoms with van der Waals surface area (Å²) in [6.07, 6.45) is 1.82. The second-order valence-corrected chi connectivity index (χ2v) is 6.42. The molecule has 134 valence electrons. The first-order valence-corrected chi connectivity index (χ1v) is 8.41. The van der Waals surface area contributed by atoms with E-state index in [0.29, 0.717) is 19.1 Å². The fourth-order valence-corrected chi connectivity index (χ4v) is 3.16. The third-order valence-corrected chi connectivity index (χ3v) is 4.77. The second-order valence-electron chi connectivity index (χ2n) is 6.42. The van der Waals surface area contributed by atoms with Crippen LogP contribution in [0, 0.1) is 12.7 Å². The first kappa shape index (κ1) is 19.4. The maximum atomic E-state index is 14.5. The molecule has 0 unspecified atom stereocenters. The van der Waals surface area contributed by atoms with Gasteiger partial charge in [-0.2, -0.15) is 0 Å². The lowest BCUT2D eigenvalue weighted by Gasteiger charge is -2.32. The monoisotopic (exact) mass is 362 g/mol. The van der Waals surface area contributed by atoms with Crippen molar-refractivity contribution in [2.75, 3.05) is 20.1 Å². The van der Waals surface area contributed by atoms with E-state index >= 15 is 0 Å². The molecule has 1 aliphatic rings. The predicted molar refractivity (Wildman–Crippen MR) is 102 cm³/mol. The standard InChI is InChI=1S/C20H23FN2O.ClH/c1-14-3-5-15(6-4-14)16-7-8-18(19(21)13-16)20(24)23-11-9-17(22-2)10-12-23;/h3-8,13,17,22H,9-12H2,1-2H3;1H. The molecule has 2 aromatic rings. The Hall–Kier alpha value is -1.91. The molecule has 1 saturated heterocycles. The van der Waals surface area contributed by atoms with Gasteiger partial charge >= 0.3 is 0 Å². The van der Waals surface area contributed by atoms with Crippen molar-refractivity contribution in [2.45, 2.75) is 25.8 Å². The normalized spacial score (nSPS) is 14.9. The Morgan fingerprint density at radius 2 is 1.68 bits per heavy atom. The molecule has 0 radical (unpaired) electrons. The highest BCUT2D eigenvalue weighted by Gasteiger charge is 2.24. The first-order chi connectivity index (χ1) is 11.6. The van der Waals surface area contributed by atoms with Crippen molar-refractivity contribution in [3.63, 3.8) is 0 Å². The number of rotatable bonds is 3. The number of likely N-dealkylation sites (tertiary alicyclic amines) is 1. The Balaban J connectivity index is 0.00000225. The Morgan fingerprint density at radius 1 is 1.08 bits per heavy atom. The van der Waals surface area contributed by atoms with E-state index in [1.807, 2.05) is 44.3 Å². The third-order valence-electron chi connectivity index (χ3n) is 4.77. The maximum Gasteiger partial charge on any atom is 0.256 e. The molecule has 0 saturated carbocycles. The average molecular weight is 363 g/mol. The number of nitrogens with zero attached hydrogens (tertiary/aromatic N) is 1. The summed E-state index contributed by atoms with van der Waals surface area (Å²) in [7, 11) is 1.94. The summed E-state index contributed by atoms with van der Waals surface area (Å²) in [5.41, 5.74) is 3.07. The molecule has 1 fully saturated rings. The summed E-state index contributed by atoms with van der Waals surface area (Å²) in [6, 6.07) is 13.3. The average Bonchev–Trinajstić information content (AvgIpc) is 2.62. The highest BCUT2D eigenvalue weighted by Crippen LogP contribution is 2.24. The van der Waals surface area contributed by atoms with E-state index in [9.17, 15) is 9.18 Å². The fraction of sp³-hybridized carbons (Fsp3) is 0.350. The summed E-state index contributed by atoms with van der Waals surface area (Å²) in [4.78, 5) is 14.3. The van der Waals surface area contributed by atoms with Crippen molar-refractivity contribution in [3.8, 4) is 11.1 Å². The number of piperidine rings is 1. The number of halogens is 2. The number of hydrogen-bond donors (Lipinski definition) is 1. The van der Waals surface area contributed by atoms with E-state index in [1.54, 1.807) is 11.0 Å². The number of carbonyl (C=O) groups is 1. The van der Waals surface area contributed by atoms with Gasteiger partial charge in [0, 0.05) is 19.1 Å². The van der Waals surface area contributed by atoms with Crippen LogP contribution in [0.3, 0.4) is 0 Å². The smallest absolute Gasteiger partial charge is 0.256 e. The molecule has 1 aliphatic heterocycles. The van der Waals surface area contributed by atoms with Crippen LogP contribution in [0.4, 0.5) is 4.39 Å². The molecule has 5 heteroatoms. The van der Waals surface area contributed by atoms with Gasteiger partial charge in [-0.25, -0.2) is 4.39 Å². The molecular formula is C20H24ClFN2O. The van der Waals surface area contributed by atoms with E-state index in [1.165, 1.54) is 6.07 Å². The van der Waals surface area contributed by atoms with Gasteiger partial charge in [0.1, 0.15) is 5.82 Å². The van der Waals surface area contributed by atoms with Gasteiger partial charge in [0.05, 0.1) is 5.56 Å². The molecular weight excluding hydrogens is 339 g/mol. The zero-order chi connectivity index (χ0) is 17.1. The highest BCUT2D eigenvalue weighted by molar-refractivity contribution is 5.95. The molecule has 1 heterocycles. The minimum Gasteiger partial charge on any atom is -0.338 e. The third kappa shape index (κ3) is 4.39. The maximum absolute atomic E-state index is 14.5. The molecule has 0 spiro atoms.